The van der Waals surface area contributed by atoms with E-state index in [0.29, 0.717) is 31.8 Å². The number of H-pyrrole nitrogens is 1. The molecule has 2 aliphatic rings. The van der Waals surface area contributed by atoms with Crippen molar-refractivity contribution in [2.45, 2.75) is 95.6 Å². The molecule has 2 fully saturated rings. The van der Waals surface area contributed by atoms with Crippen molar-refractivity contribution in [3.63, 3.8) is 0 Å². The first-order valence-corrected chi connectivity index (χ1v) is 17.9. The molecule has 2 aromatic carbocycles. The average Bonchev–Trinajstić information content (AvgIpc) is 3.47. The number of ether oxygens (including phenoxy) is 4. The molecule has 232 valence electrons. The lowest BCUT2D eigenvalue weighted by molar-refractivity contribution is -0.134. The molecule has 0 aliphatic carbocycles. The van der Waals surface area contributed by atoms with Crippen LogP contribution in [0.15, 0.2) is 76.4 Å². The second kappa shape index (κ2) is 12.6. The lowest BCUT2D eigenvalue weighted by atomic mass is 9.89. The van der Waals surface area contributed by atoms with Crippen LogP contribution in [-0.4, -0.2) is 55.0 Å². The predicted octanol–water partition coefficient (Wildman–Crippen LogP) is 5.09. The number of hydrogen-bond donors (Lipinski definition) is 1. The molecule has 3 aromatic rings. The van der Waals surface area contributed by atoms with E-state index in [1.165, 1.54) is 10.8 Å². The topological polar surface area (TPSA) is 101 Å². The minimum absolute atomic E-state index is 0.0448. The van der Waals surface area contributed by atoms with Gasteiger partial charge in [0.25, 0.3) is 5.56 Å². The van der Waals surface area contributed by atoms with Gasteiger partial charge in [0.05, 0.1) is 32.5 Å². The summed E-state index contributed by atoms with van der Waals surface area (Å²) < 4.78 is 34.4. The van der Waals surface area contributed by atoms with Gasteiger partial charge in [-0.15, -0.1) is 0 Å². The van der Waals surface area contributed by atoms with Gasteiger partial charge in [-0.1, -0.05) is 81.4 Å². The molecule has 5 atom stereocenters. The molecule has 0 unspecified atom stereocenters. The Hall–Kier alpha value is -2.86. The Bertz CT molecular complexity index is 1480. The highest BCUT2D eigenvalue weighted by Crippen LogP contribution is 2.50. The molecule has 2 saturated heterocycles. The summed E-state index contributed by atoms with van der Waals surface area (Å²) in [6, 6.07) is 19.9. The molecule has 3 heterocycles. The second-order valence-electron chi connectivity index (χ2n) is 13.2. The van der Waals surface area contributed by atoms with E-state index >= 15 is 0 Å². The number of aromatic amines is 1. The van der Waals surface area contributed by atoms with Gasteiger partial charge in [-0.3, -0.25) is 14.3 Å². The summed E-state index contributed by atoms with van der Waals surface area (Å²) in [6.07, 6.45) is -0.264. The maximum atomic E-state index is 13.1. The van der Waals surface area contributed by atoms with Crippen LogP contribution in [0.3, 0.4) is 0 Å². The Morgan fingerprint density at radius 2 is 1.58 bits per heavy atom. The highest BCUT2D eigenvalue weighted by atomic mass is 28.4. The second-order valence-corrected chi connectivity index (χ2v) is 18.0. The number of hydrogen-bond acceptors (Lipinski definition) is 7. The highest BCUT2D eigenvalue weighted by molar-refractivity contribution is 6.74. The summed E-state index contributed by atoms with van der Waals surface area (Å²) in [6.45, 7) is 14.1. The normalized spacial score (nSPS) is 25.6. The van der Waals surface area contributed by atoms with Crippen LogP contribution in [0.25, 0.3) is 0 Å². The fourth-order valence-corrected chi connectivity index (χ4v) is 6.52. The van der Waals surface area contributed by atoms with E-state index < -0.39 is 43.6 Å². The molecule has 43 heavy (non-hydrogen) atoms. The van der Waals surface area contributed by atoms with Gasteiger partial charge < -0.3 is 23.4 Å². The molecular formula is C33H44N2O7Si. The molecular weight excluding hydrogens is 564 g/mol. The minimum Gasteiger partial charge on any atom is -0.414 e. The van der Waals surface area contributed by atoms with Crippen molar-refractivity contribution >= 4 is 8.32 Å². The van der Waals surface area contributed by atoms with Crippen molar-refractivity contribution in [3.8, 4) is 0 Å². The van der Waals surface area contributed by atoms with Crippen LogP contribution in [0.4, 0.5) is 0 Å². The third-order valence-electron chi connectivity index (χ3n) is 9.06. The first-order valence-electron chi connectivity index (χ1n) is 15.0. The van der Waals surface area contributed by atoms with Crippen LogP contribution in [0.2, 0.25) is 18.1 Å². The zero-order valence-electron chi connectivity index (χ0n) is 26.0. The van der Waals surface area contributed by atoms with Crippen molar-refractivity contribution < 1.29 is 23.4 Å². The molecule has 10 heteroatoms. The number of fused-ring (bicyclic) bond motifs is 1. The molecule has 0 amide bonds. The SMILES string of the molecule is Cc1cn([C@@H]2O[C@H](COCc3ccccc3)[C@]3(OCc4ccccc4)C[C@@H](CO[Si](C)(C)C(C)(C)C)O[C@H]23)c(=O)[nH]c1=O. The summed E-state index contributed by atoms with van der Waals surface area (Å²) in [5.74, 6) is 0. The van der Waals surface area contributed by atoms with Crippen molar-refractivity contribution in [2.24, 2.45) is 0 Å². The lowest BCUT2D eigenvalue weighted by Gasteiger charge is -2.37. The Morgan fingerprint density at radius 3 is 2.21 bits per heavy atom. The van der Waals surface area contributed by atoms with Gasteiger partial charge in [0.15, 0.2) is 14.5 Å². The molecule has 5 rings (SSSR count). The summed E-state index contributed by atoms with van der Waals surface area (Å²) in [7, 11) is -2.05. The molecule has 2 aliphatic heterocycles. The Labute approximate surface area is 254 Å². The zero-order chi connectivity index (χ0) is 30.8. The number of nitrogens with one attached hydrogen (secondary N) is 1. The van der Waals surface area contributed by atoms with Gasteiger partial charge in [0.2, 0.25) is 0 Å². The van der Waals surface area contributed by atoms with Crippen LogP contribution < -0.4 is 11.2 Å². The van der Waals surface area contributed by atoms with Gasteiger partial charge in [-0.2, -0.15) is 0 Å². The van der Waals surface area contributed by atoms with E-state index in [9.17, 15) is 9.59 Å². The summed E-state index contributed by atoms with van der Waals surface area (Å²) in [5, 5.41) is 0.0448. The van der Waals surface area contributed by atoms with Crippen molar-refractivity contribution in [1.82, 2.24) is 9.55 Å². The van der Waals surface area contributed by atoms with Crippen LogP contribution in [0.1, 0.15) is 50.1 Å². The predicted molar refractivity (Wildman–Crippen MR) is 166 cm³/mol. The van der Waals surface area contributed by atoms with E-state index in [4.69, 9.17) is 23.4 Å². The maximum absolute atomic E-state index is 13.1. The number of rotatable bonds is 11. The van der Waals surface area contributed by atoms with Crippen molar-refractivity contribution in [1.29, 1.82) is 0 Å². The fraction of sp³-hybridized carbons (Fsp3) is 0.515. The largest absolute Gasteiger partial charge is 0.414 e. The molecule has 1 N–H and O–H groups in total. The van der Waals surface area contributed by atoms with Gasteiger partial charge in [-0.05, 0) is 36.2 Å². The zero-order valence-corrected chi connectivity index (χ0v) is 27.0. The Morgan fingerprint density at radius 1 is 0.953 bits per heavy atom. The molecule has 9 nitrogen and oxygen atoms in total. The highest BCUT2D eigenvalue weighted by Gasteiger charge is 2.64. The standard InChI is InChI=1S/C33H44N2O7Si/c1-23-18-35(31(37)34-29(23)36)30-28-33(39-20-25-15-11-8-12-16-25,17-26(41-28)21-40-43(5,6)32(2,3)4)27(42-30)22-38-19-24-13-9-7-10-14-24/h7-16,18,26-28,30H,17,19-22H2,1-6H3,(H,34,36,37)/t26-,27+,28+,30+,33+/m0/s1. The van der Waals surface area contributed by atoms with E-state index in [1.807, 2.05) is 60.7 Å². The fourth-order valence-electron chi connectivity index (χ4n) is 5.49. The van der Waals surface area contributed by atoms with Crippen LogP contribution >= 0.6 is 0 Å². The van der Waals surface area contributed by atoms with Crippen molar-refractivity contribution in [3.05, 3.63) is 104 Å². The average molecular weight is 609 g/mol. The summed E-state index contributed by atoms with van der Waals surface area (Å²) in [5.41, 5.74) is 0.542. The number of aryl methyl sites for hydroxylation is 1. The summed E-state index contributed by atoms with van der Waals surface area (Å²) in [4.78, 5) is 27.7. The van der Waals surface area contributed by atoms with Crippen LogP contribution in [0.5, 0.6) is 0 Å². The number of benzene rings is 2. The lowest BCUT2D eigenvalue weighted by Crippen LogP contribution is -2.49. The molecule has 0 saturated carbocycles. The maximum Gasteiger partial charge on any atom is 0.330 e. The third kappa shape index (κ3) is 6.79. The van der Waals surface area contributed by atoms with Gasteiger partial charge in [0.1, 0.15) is 17.8 Å². The van der Waals surface area contributed by atoms with Gasteiger partial charge in [0, 0.05) is 18.2 Å². The minimum atomic E-state index is -2.05. The first kappa shape index (κ1) is 31.6. The Balaban J connectivity index is 1.48. The third-order valence-corrected chi connectivity index (χ3v) is 13.6. The quantitative estimate of drug-likeness (QED) is 0.303. The molecule has 1 aromatic heterocycles. The van der Waals surface area contributed by atoms with E-state index in [1.54, 1.807) is 6.92 Å². The van der Waals surface area contributed by atoms with Crippen LogP contribution in [0, 0.1) is 6.92 Å². The molecule has 0 spiro atoms. The van der Waals surface area contributed by atoms with Gasteiger partial charge >= 0.3 is 5.69 Å². The summed E-state index contributed by atoms with van der Waals surface area (Å²) >= 11 is 0. The monoisotopic (exact) mass is 608 g/mol. The van der Waals surface area contributed by atoms with Crippen molar-refractivity contribution in [2.75, 3.05) is 13.2 Å². The Kier molecular flexibility index (Phi) is 9.27. The molecule has 0 bridgehead atoms. The van der Waals surface area contributed by atoms with E-state index in [0.717, 1.165) is 11.1 Å². The number of aromatic nitrogens is 2. The van der Waals surface area contributed by atoms with Crippen LogP contribution in [-0.2, 0) is 36.6 Å². The van der Waals surface area contributed by atoms with Gasteiger partial charge in [-0.25, -0.2) is 4.79 Å². The number of nitrogens with zero attached hydrogens (tertiary/aromatic N) is 1. The first-order chi connectivity index (χ1) is 20.4. The van der Waals surface area contributed by atoms with E-state index in [-0.39, 0.29) is 17.7 Å². The smallest absolute Gasteiger partial charge is 0.330 e. The van der Waals surface area contributed by atoms with E-state index in [2.05, 4.69) is 38.8 Å². The molecule has 0 radical (unpaired) electrons.